The third kappa shape index (κ3) is 4.43. The Morgan fingerprint density at radius 1 is 1.22 bits per heavy atom. The molecule has 1 amide bonds. The second kappa shape index (κ2) is 7.94. The SMILES string of the molecule is CCC(OC(=O)c1ccncc1)C(=O)Nc1cccc(Cl)c1Cl. The largest absolute Gasteiger partial charge is 0.449 e. The van der Waals surface area contributed by atoms with Gasteiger partial charge in [0.1, 0.15) is 0 Å². The lowest BCUT2D eigenvalue weighted by atomic mass is 10.2. The van der Waals surface area contributed by atoms with Gasteiger partial charge in [0.2, 0.25) is 0 Å². The highest BCUT2D eigenvalue weighted by molar-refractivity contribution is 6.44. The standard InChI is InChI=1S/C16H14Cl2N2O3/c1-2-13(23-16(22)10-6-8-19-9-7-10)15(21)20-12-5-3-4-11(17)14(12)18/h3-9,13H,2H2,1H3,(H,20,21). The van der Waals surface area contributed by atoms with E-state index in [0.29, 0.717) is 22.7 Å². The lowest BCUT2D eigenvalue weighted by Gasteiger charge is -2.16. The maximum atomic E-state index is 12.3. The fourth-order valence-corrected chi connectivity index (χ4v) is 2.17. The highest BCUT2D eigenvalue weighted by atomic mass is 35.5. The Kier molecular flexibility index (Phi) is 5.96. The summed E-state index contributed by atoms with van der Waals surface area (Å²) in [6.07, 6.45) is 2.33. The smallest absolute Gasteiger partial charge is 0.339 e. The van der Waals surface area contributed by atoms with Crippen LogP contribution in [-0.4, -0.2) is 23.0 Å². The van der Waals surface area contributed by atoms with Crippen molar-refractivity contribution in [2.24, 2.45) is 0 Å². The van der Waals surface area contributed by atoms with Gasteiger partial charge in [0, 0.05) is 12.4 Å². The molecule has 23 heavy (non-hydrogen) atoms. The van der Waals surface area contributed by atoms with Crippen molar-refractivity contribution in [1.29, 1.82) is 0 Å². The first-order chi connectivity index (χ1) is 11.0. The van der Waals surface area contributed by atoms with Crippen LogP contribution in [0.5, 0.6) is 0 Å². The third-order valence-corrected chi connectivity index (χ3v) is 3.86. The zero-order valence-electron chi connectivity index (χ0n) is 12.3. The van der Waals surface area contributed by atoms with Crippen molar-refractivity contribution in [2.75, 3.05) is 5.32 Å². The van der Waals surface area contributed by atoms with Crippen LogP contribution in [0, 0.1) is 0 Å². The number of esters is 1. The summed E-state index contributed by atoms with van der Waals surface area (Å²) in [6.45, 7) is 1.74. The highest BCUT2D eigenvalue weighted by Crippen LogP contribution is 2.29. The van der Waals surface area contributed by atoms with E-state index >= 15 is 0 Å². The number of carbonyl (C=O) groups is 2. The molecule has 0 saturated carbocycles. The van der Waals surface area contributed by atoms with Gasteiger partial charge in [0.15, 0.2) is 6.10 Å². The minimum absolute atomic E-state index is 0.234. The average molecular weight is 353 g/mol. The second-order valence-electron chi connectivity index (χ2n) is 4.63. The summed E-state index contributed by atoms with van der Waals surface area (Å²) in [4.78, 5) is 28.1. The van der Waals surface area contributed by atoms with E-state index < -0.39 is 18.0 Å². The number of aromatic nitrogens is 1. The first kappa shape index (κ1) is 17.2. The fraction of sp³-hybridized carbons (Fsp3) is 0.188. The van der Waals surface area contributed by atoms with Crippen molar-refractivity contribution in [3.8, 4) is 0 Å². The van der Waals surface area contributed by atoms with Crippen molar-refractivity contribution in [3.63, 3.8) is 0 Å². The lowest BCUT2D eigenvalue weighted by Crippen LogP contribution is -2.32. The van der Waals surface area contributed by atoms with Gasteiger partial charge in [0.05, 0.1) is 21.3 Å². The van der Waals surface area contributed by atoms with Gasteiger partial charge < -0.3 is 10.1 Å². The number of nitrogens with zero attached hydrogens (tertiary/aromatic N) is 1. The Hall–Kier alpha value is -2.11. The number of benzene rings is 1. The van der Waals surface area contributed by atoms with E-state index in [2.05, 4.69) is 10.3 Å². The molecule has 0 fully saturated rings. The summed E-state index contributed by atoms with van der Waals surface area (Å²) < 4.78 is 5.24. The van der Waals surface area contributed by atoms with Gasteiger partial charge in [-0.25, -0.2) is 4.79 Å². The average Bonchev–Trinajstić information content (AvgIpc) is 2.57. The van der Waals surface area contributed by atoms with Gasteiger partial charge in [-0.15, -0.1) is 0 Å². The molecule has 0 aliphatic carbocycles. The van der Waals surface area contributed by atoms with Gasteiger partial charge in [-0.2, -0.15) is 0 Å². The summed E-state index contributed by atoms with van der Waals surface area (Å²) >= 11 is 11.9. The van der Waals surface area contributed by atoms with Crippen molar-refractivity contribution in [1.82, 2.24) is 4.98 Å². The van der Waals surface area contributed by atoms with E-state index in [0.717, 1.165) is 0 Å². The minimum Gasteiger partial charge on any atom is -0.449 e. The van der Waals surface area contributed by atoms with Crippen LogP contribution in [0.3, 0.4) is 0 Å². The molecule has 120 valence electrons. The lowest BCUT2D eigenvalue weighted by molar-refractivity contribution is -0.124. The third-order valence-electron chi connectivity index (χ3n) is 3.04. The van der Waals surface area contributed by atoms with Crippen molar-refractivity contribution in [3.05, 3.63) is 58.3 Å². The van der Waals surface area contributed by atoms with Gasteiger partial charge in [0.25, 0.3) is 5.91 Å². The van der Waals surface area contributed by atoms with E-state index in [1.54, 1.807) is 25.1 Å². The number of amides is 1. The molecule has 1 heterocycles. The van der Waals surface area contributed by atoms with E-state index in [-0.39, 0.29) is 5.02 Å². The summed E-state index contributed by atoms with van der Waals surface area (Å²) in [6, 6.07) is 7.92. The van der Waals surface area contributed by atoms with Crippen molar-refractivity contribution in [2.45, 2.75) is 19.4 Å². The molecule has 7 heteroatoms. The predicted octanol–water partition coefficient (Wildman–Crippen LogP) is 3.96. The van der Waals surface area contributed by atoms with E-state index in [4.69, 9.17) is 27.9 Å². The molecule has 1 aromatic heterocycles. The Bertz CT molecular complexity index is 708. The van der Waals surface area contributed by atoms with Gasteiger partial charge >= 0.3 is 5.97 Å². The number of halogens is 2. The summed E-state index contributed by atoms with van der Waals surface area (Å²) in [5, 5.41) is 3.17. The molecule has 0 aliphatic heterocycles. The predicted molar refractivity (Wildman–Crippen MR) is 88.8 cm³/mol. The monoisotopic (exact) mass is 352 g/mol. The molecule has 1 N–H and O–H groups in total. The van der Waals surface area contributed by atoms with E-state index in [1.807, 2.05) is 0 Å². The Balaban J connectivity index is 2.07. The van der Waals surface area contributed by atoms with Crippen molar-refractivity contribution < 1.29 is 14.3 Å². The minimum atomic E-state index is -0.939. The molecule has 2 rings (SSSR count). The van der Waals surface area contributed by atoms with E-state index in [9.17, 15) is 9.59 Å². The maximum absolute atomic E-state index is 12.3. The summed E-state index contributed by atoms with van der Waals surface area (Å²) in [7, 11) is 0. The molecule has 1 aromatic carbocycles. The number of hydrogen-bond donors (Lipinski definition) is 1. The first-order valence-corrected chi connectivity index (χ1v) is 7.64. The first-order valence-electron chi connectivity index (χ1n) is 6.88. The quantitative estimate of drug-likeness (QED) is 0.826. The topological polar surface area (TPSA) is 68.3 Å². The summed E-state index contributed by atoms with van der Waals surface area (Å²) in [5.41, 5.74) is 0.689. The van der Waals surface area contributed by atoms with E-state index in [1.165, 1.54) is 24.5 Å². The maximum Gasteiger partial charge on any atom is 0.339 e. The van der Waals surface area contributed by atoms with Gasteiger partial charge in [-0.3, -0.25) is 9.78 Å². The molecule has 1 unspecified atom stereocenters. The number of carbonyl (C=O) groups excluding carboxylic acids is 2. The van der Waals surface area contributed by atoms with Crippen LogP contribution >= 0.6 is 23.2 Å². The number of ether oxygens (including phenoxy) is 1. The number of rotatable bonds is 5. The number of hydrogen-bond acceptors (Lipinski definition) is 4. The van der Waals surface area contributed by atoms with Crippen LogP contribution in [0.4, 0.5) is 5.69 Å². The van der Waals surface area contributed by atoms with Gasteiger partial charge in [-0.1, -0.05) is 36.2 Å². The molecule has 5 nitrogen and oxygen atoms in total. The summed E-state index contributed by atoms with van der Waals surface area (Å²) in [5.74, 6) is -1.06. The molecule has 0 saturated heterocycles. The molecular formula is C16H14Cl2N2O3. The number of anilines is 1. The van der Waals surface area contributed by atoms with Crippen LogP contribution in [-0.2, 0) is 9.53 Å². The highest BCUT2D eigenvalue weighted by Gasteiger charge is 2.23. The molecule has 0 spiro atoms. The Morgan fingerprint density at radius 3 is 2.57 bits per heavy atom. The molecule has 0 radical (unpaired) electrons. The van der Waals surface area contributed by atoms with Crippen LogP contribution in [0.2, 0.25) is 10.0 Å². The van der Waals surface area contributed by atoms with Crippen LogP contribution < -0.4 is 5.32 Å². The van der Waals surface area contributed by atoms with Gasteiger partial charge in [-0.05, 0) is 30.7 Å². The van der Waals surface area contributed by atoms with Crippen LogP contribution in [0.1, 0.15) is 23.7 Å². The number of nitrogens with one attached hydrogen (secondary N) is 1. The normalized spacial score (nSPS) is 11.6. The Morgan fingerprint density at radius 2 is 1.91 bits per heavy atom. The fourth-order valence-electron chi connectivity index (χ4n) is 1.82. The number of pyridine rings is 1. The van der Waals surface area contributed by atoms with Crippen LogP contribution in [0.25, 0.3) is 0 Å². The zero-order valence-corrected chi connectivity index (χ0v) is 13.8. The Labute approximate surface area is 143 Å². The zero-order chi connectivity index (χ0) is 16.8. The van der Waals surface area contributed by atoms with Crippen LogP contribution in [0.15, 0.2) is 42.7 Å². The molecule has 1 atom stereocenters. The molecular weight excluding hydrogens is 339 g/mol. The second-order valence-corrected chi connectivity index (χ2v) is 5.41. The molecule has 2 aromatic rings. The molecule has 0 aliphatic rings. The van der Waals surface area contributed by atoms with Crippen molar-refractivity contribution >= 4 is 40.8 Å². The molecule has 0 bridgehead atoms.